The van der Waals surface area contributed by atoms with Crippen LogP contribution < -0.4 is 0 Å². The third-order valence-electron chi connectivity index (χ3n) is 16.1. The largest absolute Gasteiger partial charge is 0.472 e. The standard InChI is InChI=1S/C77H138O17P2/c1-5-9-13-17-21-25-29-31-33-34-35-36-38-40-44-46-50-54-58-62-75(80)88-68-73(94-77(82)64-60-56-52-48-42-28-24-20-16-12-8-4)70-92-96(85,86)90-66-71(78)65-89-95(83,84)91-69-72(93-76(81)63-59-55-51-47-41-27-23-19-15-11-7-3)67-87-74(79)61-57-53-49-45-43-39-37-32-30-26-22-18-14-10-6-2/h19-21,23-25,31-33,35-37,71-73,78H,5-18,22,26-30,34,38-70H2,1-4H3,(H,83,84)(H,85,86)/b23-19-,24-20-,25-21-,33-31-,36-35-,37-32-. The van der Waals surface area contributed by atoms with E-state index in [2.05, 4.69) is 101 Å². The fourth-order valence-electron chi connectivity index (χ4n) is 10.2. The smallest absolute Gasteiger partial charge is 0.462 e. The minimum Gasteiger partial charge on any atom is -0.462 e. The van der Waals surface area contributed by atoms with Crippen LogP contribution in [0.3, 0.4) is 0 Å². The average molecular weight is 1400 g/mol. The van der Waals surface area contributed by atoms with Crippen molar-refractivity contribution in [3.63, 3.8) is 0 Å². The van der Waals surface area contributed by atoms with Crippen molar-refractivity contribution < 1.29 is 80.2 Å². The van der Waals surface area contributed by atoms with Gasteiger partial charge in [0.15, 0.2) is 12.2 Å². The molecule has 3 N–H and O–H groups in total. The van der Waals surface area contributed by atoms with E-state index >= 15 is 0 Å². The van der Waals surface area contributed by atoms with Gasteiger partial charge in [-0.05, 0) is 128 Å². The summed E-state index contributed by atoms with van der Waals surface area (Å²) in [6, 6.07) is 0. The molecule has 96 heavy (non-hydrogen) atoms. The molecule has 0 saturated carbocycles. The van der Waals surface area contributed by atoms with Crippen molar-refractivity contribution in [2.45, 2.75) is 354 Å². The number of aliphatic hydroxyl groups excluding tert-OH is 1. The Morgan fingerprint density at radius 2 is 0.521 bits per heavy atom. The molecule has 558 valence electrons. The normalized spacial score (nSPS) is 14.4. The third-order valence-corrected chi connectivity index (χ3v) is 18.0. The average Bonchev–Trinajstić information content (AvgIpc) is 1.16. The van der Waals surface area contributed by atoms with Crippen LogP contribution in [-0.4, -0.2) is 96.7 Å². The molecule has 0 radical (unpaired) electrons. The van der Waals surface area contributed by atoms with Crippen molar-refractivity contribution in [3.05, 3.63) is 72.9 Å². The summed E-state index contributed by atoms with van der Waals surface area (Å²) in [6.45, 7) is 4.75. The Bertz CT molecular complexity index is 2110. The van der Waals surface area contributed by atoms with Crippen molar-refractivity contribution >= 4 is 39.5 Å². The monoisotopic (exact) mass is 1400 g/mol. The summed E-state index contributed by atoms with van der Waals surface area (Å²) in [6.07, 6.45) is 69.0. The highest BCUT2D eigenvalue weighted by atomic mass is 31.2. The number of allylic oxidation sites excluding steroid dienone is 12. The maximum absolute atomic E-state index is 13.0. The van der Waals surface area contributed by atoms with Crippen molar-refractivity contribution in [3.8, 4) is 0 Å². The number of phosphoric acid groups is 2. The fourth-order valence-corrected chi connectivity index (χ4v) is 11.8. The molecule has 0 heterocycles. The van der Waals surface area contributed by atoms with E-state index in [0.29, 0.717) is 25.7 Å². The van der Waals surface area contributed by atoms with Crippen LogP contribution in [-0.2, 0) is 65.4 Å². The van der Waals surface area contributed by atoms with E-state index in [-0.39, 0.29) is 25.7 Å². The molecule has 0 rings (SSSR count). The first kappa shape index (κ1) is 92.5. The molecule has 0 fully saturated rings. The summed E-state index contributed by atoms with van der Waals surface area (Å²) < 4.78 is 68.3. The van der Waals surface area contributed by atoms with Gasteiger partial charge < -0.3 is 33.8 Å². The Morgan fingerprint density at radius 1 is 0.292 bits per heavy atom. The number of carbonyl (C=O) groups excluding carboxylic acids is 4. The molecule has 0 aromatic rings. The molecule has 0 aliphatic heterocycles. The van der Waals surface area contributed by atoms with Gasteiger partial charge >= 0.3 is 39.5 Å². The van der Waals surface area contributed by atoms with Crippen LogP contribution in [0.4, 0.5) is 0 Å². The third kappa shape index (κ3) is 69.0. The number of rotatable bonds is 72. The lowest BCUT2D eigenvalue weighted by Gasteiger charge is -2.21. The first-order valence-electron chi connectivity index (χ1n) is 38.2. The SMILES string of the molecule is CCCC/C=C\CCCCCCCC(=O)OC(COC(=O)CCCCCCC/C=C\CCCCCCCC)COP(=O)(O)OCC(O)COP(=O)(O)OCC(COC(=O)CCCCCCCC/C=C\C/C=C\C/C=C\CCCCC)OC(=O)CCCCCCC/C=C\CCCC. The second kappa shape index (κ2) is 70.0. The van der Waals surface area contributed by atoms with E-state index in [1.165, 1.54) is 83.5 Å². The Balaban J connectivity index is 5.27. The maximum Gasteiger partial charge on any atom is 0.472 e. The van der Waals surface area contributed by atoms with Gasteiger partial charge in [0.05, 0.1) is 26.4 Å². The lowest BCUT2D eigenvalue weighted by atomic mass is 10.1. The quantitative estimate of drug-likeness (QED) is 0.0169. The lowest BCUT2D eigenvalue weighted by Crippen LogP contribution is -2.30. The first-order valence-corrected chi connectivity index (χ1v) is 41.2. The van der Waals surface area contributed by atoms with Gasteiger partial charge in [-0.2, -0.15) is 0 Å². The summed E-state index contributed by atoms with van der Waals surface area (Å²) in [4.78, 5) is 72.7. The molecule has 0 bridgehead atoms. The van der Waals surface area contributed by atoms with E-state index in [4.69, 9.17) is 37.0 Å². The number of hydrogen-bond acceptors (Lipinski definition) is 15. The van der Waals surface area contributed by atoms with Crippen LogP contribution in [0, 0.1) is 0 Å². The molecule has 19 heteroatoms. The minimum atomic E-state index is -4.97. The molecular weight excluding hydrogens is 1260 g/mol. The van der Waals surface area contributed by atoms with Gasteiger partial charge in [0.2, 0.25) is 0 Å². The molecule has 0 aromatic heterocycles. The van der Waals surface area contributed by atoms with Gasteiger partial charge in [-0.3, -0.25) is 37.3 Å². The Hall–Kier alpha value is -3.50. The maximum atomic E-state index is 13.0. The predicted octanol–water partition coefficient (Wildman–Crippen LogP) is 21.7. The zero-order chi connectivity index (χ0) is 70.4. The number of aliphatic hydroxyl groups is 1. The number of unbranched alkanes of at least 4 members (excludes halogenated alkanes) is 34. The molecular formula is C77H138O17P2. The van der Waals surface area contributed by atoms with Crippen molar-refractivity contribution in [1.29, 1.82) is 0 Å². The molecule has 0 spiro atoms. The van der Waals surface area contributed by atoms with Gasteiger partial charge in [0.1, 0.15) is 19.3 Å². The summed E-state index contributed by atoms with van der Waals surface area (Å²) >= 11 is 0. The second-order valence-corrected chi connectivity index (χ2v) is 28.5. The van der Waals surface area contributed by atoms with E-state index in [9.17, 15) is 43.2 Å². The number of carbonyl (C=O) groups is 4. The number of ether oxygens (including phenoxy) is 4. The van der Waals surface area contributed by atoms with E-state index in [0.717, 1.165) is 173 Å². The van der Waals surface area contributed by atoms with Gasteiger partial charge in [-0.1, -0.05) is 255 Å². The molecule has 5 unspecified atom stereocenters. The van der Waals surface area contributed by atoms with Gasteiger partial charge in [0, 0.05) is 25.7 Å². The number of esters is 4. The summed E-state index contributed by atoms with van der Waals surface area (Å²) in [7, 11) is -9.94. The Morgan fingerprint density at radius 3 is 0.844 bits per heavy atom. The van der Waals surface area contributed by atoms with Crippen molar-refractivity contribution in [1.82, 2.24) is 0 Å². The summed E-state index contributed by atoms with van der Waals surface area (Å²) in [5, 5.41) is 10.6. The van der Waals surface area contributed by atoms with Crippen molar-refractivity contribution in [2.24, 2.45) is 0 Å². The van der Waals surface area contributed by atoms with Crippen molar-refractivity contribution in [2.75, 3.05) is 39.6 Å². The molecule has 0 saturated heterocycles. The second-order valence-electron chi connectivity index (χ2n) is 25.6. The highest BCUT2D eigenvalue weighted by molar-refractivity contribution is 7.47. The Labute approximate surface area is 583 Å². The van der Waals surface area contributed by atoms with E-state index in [1.807, 2.05) is 0 Å². The number of phosphoric ester groups is 2. The molecule has 0 aliphatic rings. The van der Waals surface area contributed by atoms with E-state index < -0.39 is 97.5 Å². The van der Waals surface area contributed by atoms with Crippen LogP contribution in [0.5, 0.6) is 0 Å². The molecule has 5 atom stereocenters. The van der Waals surface area contributed by atoms with Crippen LogP contribution in [0.15, 0.2) is 72.9 Å². The molecule has 0 amide bonds. The molecule has 17 nitrogen and oxygen atoms in total. The first-order chi connectivity index (χ1) is 46.7. The van der Waals surface area contributed by atoms with Crippen LogP contribution >= 0.6 is 15.6 Å². The number of hydrogen-bond donors (Lipinski definition) is 3. The lowest BCUT2D eigenvalue weighted by molar-refractivity contribution is -0.161. The highest BCUT2D eigenvalue weighted by Crippen LogP contribution is 2.45. The predicted molar refractivity (Wildman–Crippen MR) is 390 cm³/mol. The summed E-state index contributed by atoms with van der Waals surface area (Å²) in [5.74, 6) is -2.20. The minimum absolute atomic E-state index is 0.0832. The fraction of sp³-hybridized carbons (Fsp3) is 0.792. The van der Waals surface area contributed by atoms with Gasteiger partial charge in [0.25, 0.3) is 0 Å². The topological polar surface area (TPSA) is 237 Å². The van der Waals surface area contributed by atoms with Crippen LogP contribution in [0.25, 0.3) is 0 Å². The van der Waals surface area contributed by atoms with Crippen LogP contribution in [0.2, 0.25) is 0 Å². The van der Waals surface area contributed by atoms with Gasteiger partial charge in [-0.25, -0.2) is 9.13 Å². The Kier molecular flexibility index (Phi) is 67.4. The summed E-state index contributed by atoms with van der Waals surface area (Å²) in [5.41, 5.74) is 0. The van der Waals surface area contributed by atoms with Crippen LogP contribution in [0.1, 0.15) is 336 Å². The molecule has 0 aromatic carbocycles. The highest BCUT2D eigenvalue weighted by Gasteiger charge is 2.30. The molecule has 0 aliphatic carbocycles. The van der Waals surface area contributed by atoms with Gasteiger partial charge in [-0.15, -0.1) is 0 Å². The zero-order valence-corrected chi connectivity index (χ0v) is 62.6. The van der Waals surface area contributed by atoms with E-state index in [1.54, 1.807) is 0 Å². The zero-order valence-electron chi connectivity index (χ0n) is 60.8.